The summed E-state index contributed by atoms with van der Waals surface area (Å²) in [4.78, 5) is 38.2. The van der Waals surface area contributed by atoms with Gasteiger partial charge in [-0.1, -0.05) is 262 Å². The first-order chi connectivity index (χ1) is 66.5. The monoisotopic (exact) mass is 2690 g/mol. The molecule has 16 nitrogen and oxygen atoms in total. The minimum atomic E-state index is -0.443. The summed E-state index contributed by atoms with van der Waals surface area (Å²) in [6.07, 6.45) is 8.03. The molecule has 0 fully saturated rings. The zero-order valence-electron chi connectivity index (χ0n) is 92.6. The van der Waals surface area contributed by atoms with Crippen LogP contribution in [0.15, 0.2) is 195 Å². The van der Waals surface area contributed by atoms with E-state index in [0.717, 1.165) is 124 Å². The van der Waals surface area contributed by atoms with Crippen LogP contribution in [0, 0.1) is 185 Å². The van der Waals surface area contributed by atoms with Crippen LogP contribution >= 0.6 is 0 Å². The number of aliphatic hydroxyl groups excluding tert-OH is 8. The van der Waals surface area contributed by atoms with Crippen molar-refractivity contribution in [1.82, 2.24) is 39.9 Å². The fourth-order valence-corrected chi connectivity index (χ4v) is 17.0. The van der Waals surface area contributed by atoms with E-state index >= 15 is 0 Å². The first kappa shape index (κ1) is 131. The maximum Gasteiger partial charge on any atom is 0.106 e. The molecule has 792 valence electrons. The predicted octanol–water partition coefficient (Wildman–Crippen LogP) is 27.8. The van der Waals surface area contributed by atoms with Crippen LogP contribution in [0.3, 0.4) is 0 Å². The molecule has 8 N–H and O–H groups in total. The summed E-state index contributed by atoms with van der Waals surface area (Å²) in [5, 5.41) is 72.5. The molecule has 4 heterocycles. The van der Waals surface area contributed by atoms with Crippen molar-refractivity contribution in [3.05, 3.63) is 330 Å². The minimum Gasteiger partial charge on any atom is -0.393 e. The average Bonchev–Trinajstić information content (AvgIpc) is 0.776. The van der Waals surface area contributed by atoms with E-state index in [1.165, 1.54) is 100 Å². The number of aryl methyl sites for hydroxylation is 20. The van der Waals surface area contributed by atoms with Gasteiger partial charge < -0.3 is 50.8 Å². The quantitative estimate of drug-likeness (QED) is 0.0330. The van der Waals surface area contributed by atoms with E-state index in [0.29, 0.717) is 25.7 Å². The second-order valence-corrected chi connectivity index (χ2v) is 42.1. The molecule has 0 aliphatic rings. The van der Waals surface area contributed by atoms with E-state index in [1.807, 2.05) is 101 Å². The number of rotatable bonds is 20. The van der Waals surface area contributed by atoms with Gasteiger partial charge in [-0.25, -0.2) is 4.98 Å². The SMILES string of the molecule is CC(C)(C)C(O)CC(O)C(C)(C)C.CC(C)C(O)CC(O)C(C)C.CC(O)CC(C)O.CC(O)CC(C)O.Cc1[c-]c(-c2cc(-c3c(C)cccc3C)ncn2)cc(C)c1.Cc1[c-]c(-c2ncc(-c3c(C)cccc3C)cn2)cc(C)c1.Cc1[c-]c(-c2ncc(-c3c(C)cccc3C)nc2-c2cc(C)cc(C)c2)cc(C)c1.Cc1[c-]c(-c2ncc(-c3c(C)cccc3C)nc2-c2cc(C)cc(C)c2)cc(C)c1.[Ir].[Ir].[Ir].[Ir]. The van der Waals surface area contributed by atoms with Gasteiger partial charge in [-0.3, -0.25) is 24.9 Å². The van der Waals surface area contributed by atoms with Crippen LogP contribution < -0.4 is 0 Å². The largest absolute Gasteiger partial charge is 0.393 e. The molecule has 0 spiro atoms. The Hall–Kier alpha value is -9.20. The molecule has 0 aliphatic heterocycles. The van der Waals surface area contributed by atoms with E-state index in [9.17, 15) is 20.4 Å². The van der Waals surface area contributed by atoms with Crippen molar-refractivity contribution in [2.75, 3.05) is 0 Å². The molecule has 20 heteroatoms. The van der Waals surface area contributed by atoms with Gasteiger partial charge in [0.1, 0.15) is 6.33 Å². The molecule has 0 aliphatic carbocycles. The Balaban J connectivity index is 0.000000446. The normalized spacial score (nSPS) is 12.5. The summed E-state index contributed by atoms with van der Waals surface area (Å²) in [7, 11) is 0. The molecule has 8 atom stereocenters. The number of benzene rings is 10. The van der Waals surface area contributed by atoms with Gasteiger partial charge in [0, 0.05) is 145 Å². The molecular weight excluding hydrogens is 2520 g/mol. The van der Waals surface area contributed by atoms with Crippen molar-refractivity contribution >= 4 is 0 Å². The molecule has 0 saturated carbocycles. The third-order valence-corrected chi connectivity index (χ3v) is 24.3. The predicted molar refractivity (Wildman–Crippen MR) is 590 cm³/mol. The smallest absolute Gasteiger partial charge is 0.106 e. The second kappa shape index (κ2) is 61.2. The van der Waals surface area contributed by atoms with Gasteiger partial charge in [-0.2, -0.15) is 0 Å². The number of aromatic nitrogens is 8. The Morgan fingerprint density at radius 3 is 0.808 bits per heavy atom. The maximum absolute atomic E-state index is 9.76. The minimum absolute atomic E-state index is 0. The molecule has 8 unspecified atom stereocenters. The van der Waals surface area contributed by atoms with Gasteiger partial charge >= 0.3 is 0 Å². The number of hydrogen-bond acceptors (Lipinski definition) is 16. The average molecular weight is 2680 g/mol. The molecule has 14 aromatic rings. The molecule has 14 rings (SSSR count). The van der Waals surface area contributed by atoms with Crippen molar-refractivity contribution < 1.29 is 121 Å². The van der Waals surface area contributed by atoms with Crippen molar-refractivity contribution in [1.29, 1.82) is 0 Å². The molecule has 0 amide bonds. The van der Waals surface area contributed by atoms with E-state index in [2.05, 4.69) is 340 Å². The fourth-order valence-electron chi connectivity index (χ4n) is 17.0. The zero-order chi connectivity index (χ0) is 106. The summed E-state index contributed by atoms with van der Waals surface area (Å²) in [5.74, 6) is 1.20. The van der Waals surface area contributed by atoms with Gasteiger partial charge in [-0.05, 0) is 220 Å². The van der Waals surface area contributed by atoms with Gasteiger partial charge in [0.25, 0.3) is 0 Å². The van der Waals surface area contributed by atoms with Crippen LogP contribution in [-0.2, 0) is 80.4 Å². The molecule has 4 aromatic heterocycles. The van der Waals surface area contributed by atoms with Crippen molar-refractivity contribution in [2.45, 2.75) is 310 Å². The van der Waals surface area contributed by atoms with Crippen molar-refractivity contribution in [2.24, 2.45) is 22.7 Å². The van der Waals surface area contributed by atoms with Crippen LogP contribution in [0.5, 0.6) is 0 Å². The number of hydrogen-bond donors (Lipinski definition) is 8. The second-order valence-electron chi connectivity index (χ2n) is 42.1. The Labute approximate surface area is 928 Å². The first-order valence-electron chi connectivity index (χ1n) is 49.8. The summed E-state index contributed by atoms with van der Waals surface area (Å²) in [5.41, 5.74) is 42.9. The van der Waals surface area contributed by atoms with Gasteiger partial charge in [-0.15, -0.1) is 140 Å². The molecule has 10 aromatic carbocycles. The van der Waals surface area contributed by atoms with E-state index in [4.69, 9.17) is 40.4 Å². The maximum atomic E-state index is 9.76. The molecule has 0 bridgehead atoms. The summed E-state index contributed by atoms with van der Waals surface area (Å²) < 4.78 is 0. The van der Waals surface area contributed by atoms with Crippen LogP contribution in [0.25, 0.3) is 113 Å². The Kier molecular flexibility index (Phi) is 54.9. The number of aliphatic hydroxyl groups is 8. The molecule has 0 saturated heterocycles. The Morgan fingerprint density at radius 1 is 0.253 bits per heavy atom. The van der Waals surface area contributed by atoms with Crippen LogP contribution in [0.1, 0.15) is 234 Å². The third kappa shape index (κ3) is 41.6. The summed E-state index contributed by atoms with van der Waals surface area (Å²) in [6.45, 7) is 68.5. The van der Waals surface area contributed by atoms with Crippen molar-refractivity contribution in [3.8, 4) is 113 Å². The standard InChI is InChI=1S/2C28H27N2.2C20H19N2.C11H24O2.C9H20O2.2C5H12O2.4Ir/c2*1-17-10-18(2)13-23(12-17)27-28(24-14-19(3)11-20(4)15-24)30-25(16-29-27)26-21(5)8-7-9-22(26)6;1-13-8-14(2)10-17(9-13)18-11-19(22-12-21-18)20-15(3)6-5-7-16(20)4;1-13-8-14(2)10-17(9-13)20-21-11-18(12-22-20)19-15(3)6-5-7-16(19)4;1-10(2,3)8(12)7-9(13)11(4,5)6;1-6(2)8(10)5-9(11)7(3)4;2*1-4(6)3-5(2)7;;;;/h2*7-12,14-16H,1-6H3;2*5-9,11-12H,1-4H3;8-9,12-13H,7H2,1-6H3;6-11H,5H2,1-4H3;2*4-7H,3H2,1-2H3;;;;/q4*-1;;;;;;;;. The van der Waals surface area contributed by atoms with Crippen LogP contribution in [0.4, 0.5) is 0 Å². The van der Waals surface area contributed by atoms with Crippen LogP contribution in [0.2, 0.25) is 0 Å². The number of nitrogens with zero attached hydrogens (tertiary/aromatic N) is 8. The fraction of sp³-hybridized carbons (Fsp3) is 0.397. The van der Waals surface area contributed by atoms with Crippen LogP contribution in [-0.4, -0.2) is 130 Å². The van der Waals surface area contributed by atoms with E-state index < -0.39 is 12.2 Å². The zero-order valence-corrected chi connectivity index (χ0v) is 102. The Bertz CT molecular complexity index is 6010. The van der Waals surface area contributed by atoms with E-state index in [-0.39, 0.29) is 140 Å². The topological polar surface area (TPSA) is 265 Å². The molecule has 146 heavy (non-hydrogen) atoms. The van der Waals surface area contributed by atoms with Gasteiger partial charge in [0.15, 0.2) is 0 Å². The van der Waals surface area contributed by atoms with Gasteiger partial charge in [0.05, 0.1) is 83.1 Å². The third-order valence-electron chi connectivity index (χ3n) is 24.3. The van der Waals surface area contributed by atoms with Crippen molar-refractivity contribution in [3.63, 3.8) is 0 Å². The van der Waals surface area contributed by atoms with E-state index in [1.54, 1.807) is 34.0 Å². The van der Waals surface area contributed by atoms with Gasteiger partial charge in [0.2, 0.25) is 0 Å². The summed E-state index contributed by atoms with van der Waals surface area (Å²) >= 11 is 0. The molecular formula is C126H160Ir4N8O8-4. The first-order valence-corrected chi connectivity index (χ1v) is 49.8. The molecule has 4 radical (unpaired) electrons. The Morgan fingerprint density at radius 2 is 0.521 bits per heavy atom. The summed E-state index contributed by atoms with van der Waals surface area (Å²) in [6, 6.07) is 71.2.